The van der Waals surface area contributed by atoms with Gasteiger partial charge in [-0.05, 0) is 58.4 Å². The highest BCUT2D eigenvalue weighted by Gasteiger charge is 2.43. The van der Waals surface area contributed by atoms with Crippen LogP contribution in [-0.4, -0.2) is 16.6 Å². The Morgan fingerprint density at radius 1 is 1.32 bits per heavy atom. The van der Waals surface area contributed by atoms with E-state index >= 15 is 0 Å². The first-order chi connectivity index (χ1) is 10.1. The number of hydrogen-bond acceptors (Lipinski definition) is 3. The zero-order valence-electron chi connectivity index (χ0n) is 13.6. The number of carbonyl (C=O) groups is 1. The van der Waals surface area contributed by atoms with E-state index in [9.17, 15) is 14.3 Å². The standard InChI is InChI=1S/C17H22FNO3/c1-10-12-8-11(18)6-7-13(12)22-14(10)9-19-17(4,5)16(2,3)15(20)21/h6-8,19H,9H2,1-5H3,(H,20,21). The number of carboxylic acid groups (broad SMARTS) is 1. The number of carboxylic acids is 1. The minimum Gasteiger partial charge on any atom is -0.481 e. The molecule has 22 heavy (non-hydrogen) atoms. The van der Waals surface area contributed by atoms with Crippen LogP contribution in [0.4, 0.5) is 4.39 Å². The van der Waals surface area contributed by atoms with Gasteiger partial charge < -0.3 is 14.8 Å². The first-order valence-corrected chi connectivity index (χ1v) is 7.22. The minimum atomic E-state index is -0.945. The quantitative estimate of drug-likeness (QED) is 0.880. The van der Waals surface area contributed by atoms with Crippen LogP contribution in [0.2, 0.25) is 0 Å². The number of nitrogens with one attached hydrogen (secondary N) is 1. The number of fused-ring (bicyclic) bond motifs is 1. The number of aryl methyl sites for hydroxylation is 1. The summed E-state index contributed by atoms with van der Waals surface area (Å²) in [6.07, 6.45) is 0. The fourth-order valence-corrected chi connectivity index (χ4v) is 2.20. The summed E-state index contributed by atoms with van der Waals surface area (Å²) in [4.78, 5) is 11.4. The van der Waals surface area contributed by atoms with Crippen LogP contribution in [-0.2, 0) is 11.3 Å². The van der Waals surface area contributed by atoms with Crippen LogP contribution in [0, 0.1) is 18.2 Å². The molecule has 0 fully saturated rings. The van der Waals surface area contributed by atoms with Gasteiger partial charge in [-0.2, -0.15) is 0 Å². The Bertz CT molecular complexity index is 716. The third kappa shape index (κ3) is 2.73. The Morgan fingerprint density at radius 3 is 2.55 bits per heavy atom. The molecule has 120 valence electrons. The molecule has 0 saturated carbocycles. The summed E-state index contributed by atoms with van der Waals surface area (Å²) in [5.74, 6) is -0.480. The van der Waals surface area contributed by atoms with Crippen molar-refractivity contribution in [2.24, 2.45) is 5.41 Å². The van der Waals surface area contributed by atoms with Crippen molar-refractivity contribution in [2.75, 3.05) is 0 Å². The summed E-state index contributed by atoms with van der Waals surface area (Å²) in [5, 5.41) is 13.4. The van der Waals surface area contributed by atoms with Gasteiger partial charge in [-0.15, -0.1) is 0 Å². The lowest BCUT2D eigenvalue weighted by Crippen LogP contribution is -2.54. The molecule has 0 spiro atoms. The number of hydrogen-bond donors (Lipinski definition) is 2. The molecular weight excluding hydrogens is 285 g/mol. The summed E-state index contributed by atoms with van der Waals surface area (Å²) in [5.41, 5.74) is -0.0916. The second-order valence-electron chi connectivity index (χ2n) is 6.70. The Kier molecular flexibility index (Phi) is 4.04. The molecule has 0 atom stereocenters. The topological polar surface area (TPSA) is 62.5 Å². The van der Waals surface area contributed by atoms with Gasteiger partial charge in [0.2, 0.25) is 0 Å². The van der Waals surface area contributed by atoms with E-state index in [4.69, 9.17) is 4.42 Å². The van der Waals surface area contributed by atoms with Crippen molar-refractivity contribution >= 4 is 16.9 Å². The van der Waals surface area contributed by atoms with Crippen molar-refractivity contribution in [3.05, 3.63) is 35.3 Å². The summed E-state index contributed by atoms with van der Waals surface area (Å²) in [6.45, 7) is 9.31. The molecule has 1 aromatic heterocycles. The van der Waals surface area contributed by atoms with Gasteiger partial charge in [0.05, 0.1) is 12.0 Å². The van der Waals surface area contributed by atoms with Crippen molar-refractivity contribution in [3.63, 3.8) is 0 Å². The summed E-state index contributed by atoms with van der Waals surface area (Å²) >= 11 is 0. The number of benzene rings is 1. The van der Waals surface area contributed by atoms with Gasteiger partial charge in [0.15, 0.2) is 0 Å². The monoisotopic (exact) mass is 307 g/mol. The Labute approximate surface area is 129 Å². The van der Waals surface area contributed by atoms with Crippen LogP contribution in [0.15, 0.2) is 22.6 Å². The van der Waals surface area contributed by atoms with E-state index in [1.54, 1.807) is 19.9 Å². The van der Waals surface area contributed by atoms with Gasteiger partial charge in [0.25, 0.3) is 0 Å². The molecule has 0 aliphatic heterocycles. The van der Waals surface area contributed by atoms with Crippen molar-refractivity contribution in [2.45, 2.75) is 46.7 Å². The molecule has 1 heterocycles. The van der Waals surface area contributed by atoms with Crippen LogP contribution >= 0.6 is 0 Å². The zero-order valence-corrected chi connectivity index (χ0v) is 13.6. The third-order valence-corrected chi connectivity index (χ3v) is 4.79. The minimum absolute atomic E-state index is 0.303. The van der Waals surface area contributed by atoms with Gasteiger partial charge in [-0.1, -0.05) is 0 Å². The fourth-order valence-electron chi connectivity index (χ4n) is 2.20. The van der Waals surface area contributed by atoms with Crippen LogP contribution in [0.3, 0.4) is 0 Å². The second kappa shape index (κ2) is 5.39. The Balaban J connectivity index is 2.25. The lowest BCUT2D eigenvalue weighted by molar-refractivity contribution is -0.151. The Morgan fingerprint density at radius 2 is 1.95 bits per heavy atom. The molecule has 2 rings (SSSR count). The number of halogens is 1. The molecule has 4 nitrogen and oxygen atoms in total. The Hall–Kier alpha value is -1.88. The molecule has 2 N–H and O–H groups in total. The molecular formula is C17H22FNO3. The SMILES string of the molecule is Cc1c(CNC(C)(C)C(C)(C)C(=O)O)oc2ccc(F)cc12. The maximum atomic E-state index is 13.3. The predicted molar refractivity (Wildman–Crippen MR) is 83.2 cm³/mol. The average molecular weight is 307 g/mol. The van der Waals surface area contributed by atoms with Gasteiger partial charge in [-0.25, -0.2) is 4.39 Å². The second-order valence-corrected chi connectivity index (χ2v) is 6.70. The first kappa shape index (κ1) is 16.5. The maximum absolute atomic E-state index is 13.3. The van der Waals surface area contributed by atoms with Crippen LogP contribution in [0.25, 0.3) is 11.0 Å². The predicted octanol–water partition coefficient (Wildman–Crippen LogP) is 3.86. The lowest BCUT2D eigenvalue weighted by atomic mass is 9.74. The highest BCUT2D eigenvalue weighted by molar-refractivity contribution is 5.82. The first-order valence-electron chi connectivity index (χ1n) is 7.22. The largest absolute Gasteiger partial charge is 0.481 e. The van der Waals surface area contributed by atoms with Gasteiger partial charge in [0, 0.05) is 10.9 Å². The normalized spacial score (nSPS) is 12.8. The van der Waals surface area contributed by atoms with E-state index in [0.29, 0.717) is 17.9 Å². The molecule has 0 aliphatic carbocycles. The fraction of sp³-hybridized carbons (Fsp3) is 0.471. The molecule has 1 aromatic carbocycles. The number of aliphatic carboxylic acids is 1. The third-order valence-electron chi connectivity index (χ3n) is 4.79. The molecule has 5 heteroatoms. The summed E-state index contributed by atoms with van der Waals surface area (Å²) in [6, 6.07) is 4.41. The number of furan rings is 1. The number of rotatable bonds is 5. The van der Waals surface area contributed by atoms with E-state index < -0.39 is 16.9 Å². The molecule has 0 unspecified atom stereocenters. The summed E-state index contributed by atoms with van der Waals surface area (Å²) < 4.78 is 19.1. The molecule has 0 amide bonds. The van der Waals surface area contributed by atoms with E-state index in [-0.39, 0.29) is 5.82 Å². The van der Waals surface area contributed by atoms with Crippen LogP contribution in [0.5, 0.6) is 0 Å². The molecule has 2 aromatic rings. The van der Waals surface area contributed by atoms with Gasteiger partial charge >= 0.3 is 5.97 Å². The zero-order chi connectivity index (χ0) is 16.7. The van der Waals surface area contributed by atoms with Crippen molar-refractivity contribution < 1.29 is 18.7 Å². The molecule has 0 saturated heterocycles. The van der Waals surface area contributed by atoms with Gasteiger partial charge in [0.1, 0.15) is 17.2 Å². The average Bonchev–Trinajstić information content (AvgIpc) is 2.73. The van der Waals surface area contributed by atoms with Crippen LogP contribution < -0.4 is 5.32 Å². The van der Waals surface area contributed by atoms with E-state index in [1.165, 1.54) is 12.1 Å². The van der Waals surface area contributed by atoms with Crippen molar-refractivity contribution in [1.29, 1.82) is 0 Å². The van der Waals surface area contributed by atoms with Crippen molar-refractivity contribution in [1.82, 2.24) is 5.32 Å². The van der Waals surface area contributed by atoms with E-state index in [1.807, 2.05) is 20.8 Å². The van der Waals surface area contributed by atoms with E-state index in [2.05, 4.69) is 5.32 Å². The lowest BCUT2D eigenvalue weighted by Gasteiger charge is -2.38. The molecule has 0 radical (unpaired) electrons. The highest BCUT2D eigenvalue weighted by Crippen LogP contribution is 2.32. The van der Waals surface area contributed by atoms with Crippen LogP contribution in [0.1, 0.15) is 39.0 Å². The molecule has 0 aliphatic rings. The van der Waals surface area contributed by atoms with Gasteiger partial charge in [-0.3, -0.25) is 4.79 Å². The highest BCUT2D eigenvalue weighted by atomic mass is 19.1. The maximum Gasteiger partial charge on any atom is 0.310 e. The van der Waals surface area contributed by atoms with E-state index in [0.717, 1.165) is 10.9 Å². The molecule has 0 bridgehead atoms. The van der Waals surface area contributed by atoms with Crippen molar-refractivity contribution in [3.8, 4) is 0 Å². The smallest absolute Gasteiger partial charge is 0.310 e. The summed E-state index contributed by atoms with van der Waals surface area (Å²) in [7, 11) is 0.